The third kappa shape index (κ3) is 4.20. The van der Waals surface area contributed by atoms with Crippen LogP contribution in [-0.4, -0.2) is 21.6 Å². The fraction of sp³-hybridized carbons (Fsp3) is 0.786. The molecule has 0 amide bonds. The molecular weight excluding hydrogens is 400 g/mol. The summed E-state index contributed by atoms with van der Waals surface area (Å²) in [6.07, 6.45) is 7.06. The van der Waals surface area contributed by atoms with Crippen LogP contribution < -0.4 is 0 Å². The number of hydrogen-bond acceptors (Lipinski definition) is 3. The van der Waals surface area contributed by atoms with E-state index >= 15 is 0 Å². The van der Waals surface area contributed by atoms with Gasteiger partial charge in [0.25, 0.3) is 0 Å². The summed E-state index contributed by atoms with van der Waals surface area (Å²) < 4.78 is 0. The first kappa shape index (κ1) is 17.9. The monoisotopic (exact) mass is 424 g/mol. The fourth-order valence-corrected chi connectivity index (χ4v) is 2.82. The molecule has 1 atom stereocenters. The van der Waals surface area contributed by atoms with Gasteiger partial charge in [-0.15, -0.1) is 0 Å². The Kier molecular flexibility index (Phi) is 8.05. The van der Waals surface area contributed by atoms with Gasteiger partial charge in [0.1, 0.15) is 0 Å². The molecule has 4 heteroatoms. The Labute approximate surface area is 124 Å². The summed E-state index contributed by atoms with van der Waals surface area (Å²) in [4.78, 5) is 11.7. The van der Waals surface area contributed by atoms with Crippen molar-refractivity contribution in [3.8, 4) is 0 Å². The Morgan fingerprint density at radius 2 is 1.78 bits per heavy atom. The van der Waals surface area contributed by atoms with Gasteiger partial charge in [0.05, 0.1) is 17.3 Å². The number of hydrogen-bond donors (Lipinski definition) is 2. The minimum Gasteiger partial charge on any atom is -0.512 e. The maximum atomic E-state index is 11.7. The fourth-order valence-electron chi connectivity index (χ4n) is 2.82. The molecule has 0 spiro atoms. The molecule has 0 aromatic carbocycles. The summed E-state index contributed by atoms with van der Waals surface area (Å²) in [5, 5.41) is 19.7. The maximum absolute atomic E-state index is 11.7. The summed E-state index contributed by atoms with van der Waals surface area (Å²) in [6, 6.07) is 0. The van der Waals surface area contributed by atoms with E-state index in [4.69, 9.17) is 0 Å². The smallest absolute Gasteiger partial charge is 0.164 e. The molecule has 2 N–H and O–H groups in total. The summed E-state index contributed by atoms with van der Waals surface area (Å²) in [5.74, 6) is -0.215. The first-order valence-corrected chi connectivity index (χ1v) is 6.77. The van der Waals surface area contributed by atoms with E-state index in [1.54, 1.807) is 0 Å². The van der Waals surface area contributed by atoms with E-state index in [1.807, 2.05) is 13.8 Å². The van der Waals surface area contributed by atoms with Crippen molar-refractivity contribution < 1.29 is 36.1 Å². The van der Waals surface area contributed by atoms with Crippen LogP contribution in [-0.2, 0) is 25.9 Å². The van der Waals surface area contributed by atoms with Crippen LogP contribution in [0, 0.1) is 5.92 Å². The van der Waals surface area contributed by atoms with E-state index in [0.29, 0.717) is 12.8 Å². The molecule has 0 aromatic rings. The van der Waals surface area contributed by atoms with Gasteiger partial charge in [-0.1, -0.05) is 33.1 Å². The summed E-state index contributed by atoms with van der Waals surface area (Å²) in [7, 11) is 0. The molecule has 0 aliphatic heterocycles. The standard InChI is InChI=1S/C12H18O3.C2H6.W/c13-9-4-5-10(11(14)8-9)12(15)6-2-1-3-7-12;1-2;/h8,10,13,15H,1-7H2;1-2H3;. The van der Waals surface area contributed by atoms with Gasteiger partial charge in [-0.25, -0.2) is 0 Å². The zero-order valence-corrected chi connectivity index (χ0v) is 14.2. The summed E-state index contributed by atoms with van der Waals surface area (Å²) in [5.41, 5.74) is -0.799. The summed E-state index contributed by atoms with van der Waals surface area (Å²) >= 11 is 0. The van der Waals surface area contributed by atoms with Gasteiger partial charge < -0.3 is 10.2 Å². The van der Waals surface area contributed by atoms with Crippen LogP contribution in [0.25, 0.3) is 0 Å². The van der Waals surface area contributed by atoms with Crippen molar-refractivity contribution in [1.82, 2.24) is 0 Å². The molecule has 2 aliphatic carbocycles. The first-order valence-electron chi connectivity index (χ1n) is 6.77. The minimum absolute atomic E-state index is 0. The molecule has 1 unspecified atom stereocenters. The second-order valence-corrected chi connectivity index (χ2v) is 4.79. The molecule has 0 bridgehead atoms. The van der Waals surface area contributed by atoms with Crippen LogP contribution in [0.2, 0.25) is 0 Å². The Balaban J connectivity index is 0.000000917. The Hall–Kier alpha value is -0.142. The molecule has 2 aliphatic rings. The average Bonchev–Trinajstić information content (AvgIpc) is 2.32. The number of carbonyl (C=O) groups excluding carboxylic acids is 1. The predicted molar refractivity (Wildman–Crippen MR) is 67.8 cm³/mol. The quantitative estimate of drug-likeness (QED) is 0.681. The van der Waals surface area contributed by atoms with Crippen molar-refractivity contribution in [2.75, 3.05) is 0 Å². The van der Waals surface area contributed by atoms with Gasteiger partial charge in [-0.3, -0.25) is 4.79 Å². The van der Waals surface area contributed by atoms with Gasteiger partial charge in [0.15, 0.2) is 5.78 Å². The van der Waals surface area contributed by atoms with E-state index in [9.17, 15) is 15.0 Å². The van der Waals surface area contributed by atoms with E-state index in [-0.39, 0.29) is 38.5 Å². The number of aliphatic hydroxyl groups excluding tert-OH is 1. The summed E-state index contributed by atoms with van der Waals surface area (Å²) in [6.45, 7) is 4.00. The van der Waals surface area contributed by atoms with Crippen molar-refractivity contribution in [2.24, 2.45) is 5.92 Å². The average molecular weight is 424 g/mol. The predicted octanol–water partition coefficient (Wildman–Crippen LogP) is 3.13. The molecule has 3 nitrogen and oxygen atoms in total. The third-order valence-corrected chi connectivity index (χ3v) is 3.71. The van der Waals surface area contributed by atoms with E-state index in [0.717, 1.165) is 32.1 Å². The molecule has 104 valence electrons. The zero-order valence-electron chi connectivity index (χ0n) is 11.3. The Bertz CT molecular complexity index is 293. The van der Waals surface area contributed by atoms with Crippen molar-refractivity contribution in [3.63, 3.8) is 0 Å². The largest absolute Gasteiger partial charge is 0.512 e. The van der Waals surface area contributed by atoms with Crippen molar-refractivity contribution in [1.29, 1.82) is 0 Å². The van der Waals surface area contributed by atoms with Crippen molar-refractivity contribution >= 4 is 5.78 Å². The van der Waals surface area contributed by atoms with Crippen LogP contribution in [0.5, 0.6) is 0 Å². The van der Waals surface area contributed by atoms with Crippen LogP contribution in [0.4, 0.5) is 0 Å². The van der Waals surface area contributed by atoms with E-state index in [1.165, 1.54) is 6.08 Å². The van der Waals surface area contributed by atoms with E-state index < -0.39 is 5.60 Å². The van der Waals surface area contributed by atoms with Crippen LogP contribution in [0.3, 0.4) is 0 Å². The third-order valence-electron chi connectivity index (χ3n) is 3.71. The molecule has 1 fully saturated rings. The number of allylic oxidation sites excluding steroid dienone is 2. The molecule has 1 saturated carbocycles. The molecule has 0 saturated heterocycles. The molecular formula is C14H24O3W. The normalized spacial score (nSPS) is 26.3. The number of aliphatic hydroxyl groups is 2. The number of rotatable bonds is 1. The zero-order chi connectivity index (χ0) is 12.9. The SMILES string of the molecule is CC.O=C1C=C(O)CCC1C1(O)CCCCC1.[W]. The van der Waals surface area contributed by atoms with Gasteiger partial charge in [-0.05, 0) is 19.3 Å². The Morgan fingerprint density at radius 1 is 1.22 bits per heavy atom. The van der Waals surface area contributed by atoms with Gasteiger partial charge in [0, 0.05) is 33.6 Å². The van der Waals surface area contributed by atoms with Gasteiger partial charge in [0.2, 0.25) is 0 Å². The van der Waals surface area contributed by atoms with E-state index in [2.05, 4.69) is 0 Å². The van der Waals surface area contributed by atoms with Crippen LogP contribution >= 0.6 is 0 Å². The molecule has 0 aromatic heterocycles. The minimum atomic E-state index is -0.799. The van der Waals surface area contributed by atoms with Crippen molar-refractivity contribution in [3.05, 3.63) is 11.8 Å². The topological polar surface area (TPSA) is 57.5 Å². The second-order valence-electron chi connectivity index (χ2n) is 4.79. The molecule has 0 radical (unpaired) electrons. The molecule has 18 heavy (non-hydrogen) atoms. The second kappa shape index (κ2) is 8.11. The Morgan fingerprint density at radius 3 is 2.28 bits per heavy atom. The number of carbonyl (C=O) groups is 1. The first-order chi connectivity index (χ1) is 8.12. The van der Waals surface area contributed by atoms with Crippen LogP contribution in [0.1, 0.15) is 58.8 Å². The van der Waals surface area contributed by atoms with Gasteiger partial charge >= 0.3 is 0 Å². The number of ketones is 1. The van der Waals surface area contributed by atoms with Crippen LogP contribution in [0.15, 0.2) is 11.8 Å². The maximum Gasteiger partial charge on any atom is 0.164 e. The van der Waals surface area contributed by atoms with Crippen molar-refractivity contribution in [2.45, 2.75) is 64.4 Å². The molecule has 2 rings (SSSR count). The molecule has 0 heterocycles. The van der Waals surface area contributed by atoms with Gasteiger partial charge in [-0.2, -0.15) is 0 Å².